The van der Waals surface area contributed by atoms with Crippen LogP contribution >= 0.6 is 0 Å². The Hall–Kier alpha value is -3.36. The van der Waals surface area contributed by atoms with Crippen LogP contribution in [0.25, 0.3) is 10.8 Å². The highest BCUT2D eigenvalue weighted by Gasteiger charge is 2.20. The standard InChI is InChI=1S/C24H22N2O4S2/c1-17-7-11-21(12-8-17)31(27,28)25-23-15-19-5-3-4-6-20(19)16-24(23)26-32(29,30)22-13-9-18(2)10-14-22/h3-16,25-26H,1-2H3. The molecule has 0 aromatic heterocycles. The summed E-state index contributed by atoms with van der Waals surface area (Å²) < 4.78 is 57.0. The number of sulfonamides is 2. The lowest BCUT2D eigenvalue weighted by Crippen LogP contribution is -2.17. The third-order valence-corrected chi connectivity index (χ3v) is 7.80. The van der Waals surface area contributed by atoms with Gasteiger partial charge in [-0.15, -0.1) is 0 Å². The predicted octanol–water partition coefficient (Wildman–Crippen LogP) is 5.06. The average molecular weight is 467 g/mol. The Labute approximate surface area is 188 Å². The first kappa shape index (κ1) is 21.9. The van der Waals surface area contributed by atoms with Gasteiger partial charge in [0.1, 0.15) is 0 Å². The first-order valence-corrected chi connectivity index (χ1v) is 12.8. The van der Waals surface area contributed by atoms with E-state index in [1.807, 2.05) is 38.1 Å². The molecule has 0 spiro atoms. The Morgan fingerprint density at radius 1 is 0.531 bits per heavy atom. The van der Waals surface area contributed by atoms with Crippen LogP contribution in [0.1, 0.15) is 11.1 Å². The zero-order valence-corrected chi connectivity index (χ0v) is 19.2. The monoisotopic (exact) mass is 466 g/mol. The van der Waals surface area contributed by atoms with E-state index < -0.39 is 20.0 Å². The molecule has 0 bridgehead atoms. The van der Waals surface area contributed by atoms with Crippen molar-refractivity contribution in [1.82, 2.24) is 0 Å². The van der Waals surface area contributed by atoms with Gasteiger partial charge in [-0.05, 0) is 61.0 Å². The van der Waals surface area contributed by atoms with Crippen LogP contribution in [-0.2, 0) is 20.0 Å². The Bertz CT molecular complexity index is 1380. The summed E-state index contributed by atoms with van der Waals surface area (Å²) in [5.74, 6) is 0. The smallest absolute Gasteiger partial charge is 0.261 e. The van der Waals surface area contributed by atoms with E-state index in [1.54, 1.807) is 36.4 Å². The summed E-state index contributed by atoms with van der Waals surface area (Å²) >= 11 is 0. The van der Waals surface area contributed by atoms with E-state index in [2.05, 4.69) is 9.44 Å². The summed E-state index contributed by atoms with van der Waals surface area (Å²) in [4.78, 5) is 0.173. The molecule has 0 radical (unpaired) electrons. The summed E-state index contributed by atoms with van der Waals surface area (Å²) in [6, 6.07) is 23.4. The van der Waals surface area contributed by atoms with Crippen molar-refractivity contribution in [1.29, 1.82) is 0 Å². The van der Waals surface area contributed by atoms with E-state index in [0.29, 0.717) is 0 Å². The zero-order chi connectivity index (χ0) is 22.9. The second-order valence-corrected chi connectivity index (χ2v) is 10.9. The van der Waals surface area contributed by atoms with Gasteiger partial charge >= 0.3 is 0 Å². The van der Waals surface area contributed by atoms with Crippen LogP contribution < -0.4 is 9.44 Å². The third-order valence-electron chi connectivity index (χ3n) is 5.04. The number of anilines is 2. The number of hydrogen-bond acceptors (Lipinski definition) is 4. The van der Waals surface area contributed by atoms with E-state index in [4.69, 9.17) is 0 Å². The molecule has 8 heteroatoms. The Morgan fingerprint density at radius 2 is 0.875 bits per heavy atom. The number of hydrogen-bond donors (Lipinski definition) is 2. The van der Waals surface area contributed by atoms with Crippen molar-refractivity contribution in [3.8, 4) is 0 Å². The third kappa shape index (κ3) is 4.61. The van der Waals surface area contributed by atoms with Gasteiger partial charge in [-0.1, -0.05) is 59.7 Å². The summed E-state index contributed by atoms with van der Waals surface area (Å²) in [6.07, 6.45) is 0. The summed E-state index contributed by atoms with van der Waals surface area (Å²) in [5, 5.41) is 1.54. The van der Waals surface area contributed by atoms with Gasteiger partial charge < -0.3 is 0 Å². The highest BCUT2D eigenvalue weighted by atomic mass is 32.2. The second kappa shape index (κ2) is 8.29. The van der Waals surface area contributed by atoms with Crippen LogP contribution in [0, 0.1) is 13.8 Å². The molecule has 4 aromatic rings. The van der Waals surface area contributed by atoms with Crippen LogP contribution in [0.5, 0.6) is 0 Å². The highest BCUT2D eigenvalue weighted by Crippen LogP contribution is 2.32. The summed E-state index contributed by atoms with van der Waals surface area (Å²) in [5.41, 5.74) is 2.14. The molecule has 0 saturated heterocycles. The first-order chi connectivity index (χ1) is 15.1. The lowest BCUT2D eigenvalue weighted by molar-refractivity contribution is 0.599. The molecule has 164 valence electrons. The highest BCUT2D eigenvalue weighted by molar-refractivity contribution is 7.93. The fourth-order valence-corrected chi connectivity index (χ4v) is 5.39. The number of benzene rings is 4. The summed E-state index contributed by atoms with van der Waals surface area (Å²) in [7, 11) is -7.86. The largest absolute Gasteiger partial charge is 0.277 e. The molecular formula is C24H22N2O4S2. The van der Waals surface area contributed by atoms with Crippen LogP contribution in [-0.4, -0.2) is 16.8 Å². The van der Waals surface area contributed by atoms with Crippen LogP contribution in [0.15, 0.2) is 94.7 Å². The molecule has 0 aliphatic carbocycles. The predicted molar refractivity (Wildman–Crippen MR) is 128 cm³/mol. The molecule has 0 fully saturated rings. The van der Waals surface area contributed by atoms with Crippen LogP contribution in [0.2, 0.25) is 0 Å². The molecule has 6 nitrogen and oxygen atoms in total. The molecular weight excluding hydrogens is 444 g/mol. The number of nitrogens with one attached hydrogen (secondary N) is 2. The van der Waals surface area contributed by atoms with Crippen molar-refractivity contribution in [2.24, 2.45) is 0 Å². The van der Waals surface area contributed by atoms with E-state index in [9.17, 15) is 16.8 Å². The molecule has 4 aromatic carbocycles. The maximum absolute atomic E-state index is 13.0. The van der Waals surface area contributed by atoms with Gasteiger partial charge in [-0.3, -0.25) is 9.44 Å². The van der Waals surface area contributed by atoms with Gasteiger partial charge in [-0.25, -0.2) is 16.8 Å². The Balaban J connectivity index is 1.78. The second-order valence-electron chi connectivity index (χ2n) is 7.58. The molecule has 0 aliphatic rings. The van der Waals surface area contributed by atoms with Gasteiger partial charge in [0.15, 0.2) is 0 Å². The van der Waals surface area contributed by atoms with E-state index in [1.165, 1.54) is 24.3 Å². The Kier molecular flexibility index (Phi) is 5.66. The Morgan fingerprint density at radius 3 is 1.22 bits per heavy atom. The molecule has 2 N–H and O–H groups in total. The fraction of sp³-hybridized carbons (Fsp3) is 0.0833. The number of aryl methyl sites for hydroxylation is 2. The number of rotatable bonds is 6. The van der Waals surface area contributed by atoms with Crippen molar-refractivity contribution < 1.29 is 16.8 Å². The normalized spacial score (nSPS) is 11.9. The van der Waals surface area contributed by atoms with Crippen molar-refractivity contribution in [3.05, 3.63) is 96.1 Å². The van der Waals surface area contributed by atoms with Gasteiger partial charge in [0.25, 0.3) is 20.0 Å². The zero-order valence-electron chi connectivity index (χ0n) is 17.5. The first-order valence-electron chi connectivity index (χ1n) is 9.86. The van der Waals surface area contributed by atoms with Gasteiger partial charge in [0.2, 0.25) is 0 Å². The van der Waals surface area contributed by atoms with Crippen molar-refractivity contribution >= 4 is 42.2 Å². The quantitative estimate of drug-likeness (QED) is 0.416. The van der Waals surface area contributed by atoms with Crippen molar-refractivity contribution in [3.63, 3.8) is 0 Å². The van der Waals surface area contributed by atoms with Gasteiger partial charge in [0.05, 0.1) is 21.2 Å². The van der Waals surface area contributed by atoms with E-state index >= 15 is 0 Å². The molecule has 4 rings (SSSR count). The molecule has 0 saturated carbocycles. The van der Waals surface area contributed by atoms with Gasteiger partial charge in [0, 0.05) is 0 Å². The molecule has 32 heavy (non-hydrogen) atoms. The maximum Gasteiger partial charge on any atom is 0.261 e. The van der Waals surface area contributed by atoms with Crippen LogP contribution in [0.4, 0.5) is 11.4 Å². The van der Waals surface area contributed by atoms with Crippen LogP contribution in [0.3, 0.4) is 0 Å². The van der Waals surface area contributed by atoms with Crippen molar-refractivity contribution in [2.45, 2.75) is 23.6 Å². The minimum Gasteiger partial charge on any atom is -0.277 e. The van der Waals surface area contributed by atoms with E-state index in [0.717, 1.165) is 21.9 Å². The molecule has 0 heterocycles. The average Bonchev–Trinajstić information content (AvgIpc) is 2.74. The maximum atomic E-state index is 13.0. The molecule has 0 unspecified atom stereocenters. The molecule has 0 aliphatic heterocycles. The van der Waals surface area contributed by atoms with Crippen molar-refractivity contribution in [2.75, 3.05) is 9.44 Å². The SMILES string of the molecule is Cc1ccc(S(=O)(=O)Nc2cc3ccccc3cc2NS(=O)(=O)c2ccc(C)cc2)cc1. The minimum absolute atomic E-state index is 0.0867. The lowest BCUT2D eigenvalue weighted by atomic mass is 10.1. The van der Waals surface area contributed by atoms with Gasteiger partial charge in [-0.2, -0.15) is 0 Å². The summed E-state index contributed by atoms with van der Waals surface area (Å²) in [6.45, 7) is 3.73. The van der Waals surface area contributed by atoms with E-state index in [-0.39, 0.29) is 21.2 Å². The topological polar surface area (TPSA) is 92.3 Å². The number of fused-ring (bicyclic) bond motifs is 1. The molecule has 0 amide bonds. The fourth-order valence-electron chi connectivity index (χ4n) is 3.25. The minimum atomic E-state index is -3.93. The molecule has 0 atom stereocenters. The lowest BCUT2D eigenvalue weighted by Gasteiger charge is -2.16.